The lowest BCUT2D eigenvalue weighted by atomic mass is 10.1. The number of nitrogens with one attached hydrogen (secondary N) is 4. The largest absolute Gasteiger partial charge is 0.495 e. The molecule has 3 aromatic carbocycles. The van der Waals surface area contributed by atoms with Gasteiger partial charge in [0.25, 0.3) is 22.2 Å². The van der Waals surface area contributed by atoms with Crippen LogP contribution >= 0.6 is 0 Å². The fourth-order valence-electron chi connectivity index (χ4n) is 13.7. The van der Waals surface area contributed by atoms with E-state index in [9.17, 15) is 67.5 Å². The van der Waals surface area contributed by atoms with Gasteiger partial charge in [0.1, 0.15) is 45.7 Å². The summed E-state index contributed by atoms with van der Waals surface area (Å²) in [6, 6.07) is 28.3. The van der Waals surface area contributed by atoms with E-state index < -0.39 is 58.0 Å². The molecule has 0 aliphatic carbocycles. The molecule has 0 amide bonds. The number of ether oxygens (including phenoxy) is 1. The third kappa shape index (κ3) is 17.5. The number of benzene rings is 3. The summed E-state index contributed by atoms with van der Waals surface area (Å²) in [6.07, 6.45) is -1.69. The molecule has 113 heavy (non-hydrogen) atoms. The van der Waals surface area contributed by atoms with Crippen LogP contribution < -0.4 is 67.8 Å². The first kappa shape index (κ1) is 77.5. The van der Waals surface area contributed by atoms with E-state index in [2.05, 4.69) is 77.7 Å². The van der Waals surface area contributed by atoms with Gasteiger partial charge in [0.05, 0.1) is 81.2 Å². The van der Waals surface area contributed by atoms with Gasteiger partial charge >= 0.3 is 18.5 Å². The summed E-state index contributed by atoms with van der Waals surface area (Å²) in [5, 5.41) is 13.2. The van der Waals surface area contributed by atoms with Gasteiger partial charge in [0, 0.05) is 182 Å². The van der Waals surface area contributed by atoms with Crippen LogP contribution in [0.15, 0.2) is 190 Å². The van der Waals surface area contributed by atoms with Crippen molar-refractivity contribution in [2.75, 3.05) is 125 Å². The smallest absolute Gasteiger partial charge is 0.419 e. The van der Waals surface area contributed by atoms with E-state index >= 15 is 0 Å². The lowest BCUT2D eigenvalue weighted by Crippen LogP contribution is -2.49. The standard InChI is InChI=1S/C20H19F3N4O2.C20H21N7O.2C19H16F4N4O/c1-29-19-14(3-2-4-15(19)20(21,22)23)16-11-18(28)27-12-13(5-6-17(27)25-16)26-9-7-24-8-10-26;1-13-9-25(6-5-21-13)15-3-4-18-23-16(7-20(28)27(18)11-15)17-12-26-10-14(2)22-8-19(26)24-17;20-15-3-1-12(9-14(15)19(21,22)23)16-10-18(28)27-11-13(2-4-17(27)25-16)26-7-5-24-6-8-26;20-14-8-12(7-13(9-14)19(21,22)23)16-10-18(28)27-11-15(1-2-17(27)25-16)26-5-3-24-4-6-26/h2-6,11-12,24H,7-10H2,1H3;3-4,7-8,10-13,21H,5-6,9H2,1-2H3;1-4,9-11,24H,5-8H2;1-2,7-11,24H,3-6H2/t;13-;;/m.0../s1. The first-order valence-electron chi connectivity index (χ1n) is 35.9. The van der Waals surface area contributed by atoms with E-state index in [1.807, 2.05) is 60.2 Å². The number of methoxy groups -OCH3 is 1. The maximum absolute atomic E-state index is 13.7. The molecule has 4 saturated heterocycles. The molecule has 0 spiro atoms. The third-order valence-corrected chi connectivity index (χ3v) is 19.4. The molecule has 35 heteroatoms. The molecule has 0 radical (unpaired) electrons. The molecule has 4 aliphatic rings. The molecule has 4 fully saturated rings. The zero-order valence-electron chi connectivity index (χ0n) is 60.8. The number of rotatable bonds is 9. The van der Waals surface area contributed by atoms with Gasteiger partial charge in [-0.1, -0.05) is 6.07 Å². The molecule has 0 unspecified atom stereocenters. The van der Waals surface area contributed by atoms with E-state index in [0.29, 0.717) is 46.5 Å². The molecular formula is C78H72F11N19O5. The fraction of sp³-hybridized carbons (Fsp3) is 0.282. The van der Waals surface area contributed by atoms with Crippen LogP contribution in [-0.2, 0) is 18.5 Å². The monoisotopic (exact) mass is 1560 g/mol. The van der Waals surface area contributed by atoms with Crippen molar-refractivity contribution in [2.45, 2.75) is 38.4 Å². The van der Waals surface area contributed by atoms with Crippen molar-refractivity contribution in [3.8, 4) is 50.9 Å². The quantitative estimate of drug-likeness (QED) is 0.0983. The summed E-state index contributed by atoms with van der Waals surface area (Å²) in [5.41, 5.74) is 3.50. The second kappa shape index (κ2) is 32.2. The summed E-state index contributed by atoms with van der Waals surface area (Å²) in [7, 11) is 1.17. The van der Waals surface area contributed by atoms with Crippen LogP contribution in [0.25, 0.3) is 73.4 Å². The second-order valence-electron chi connectivity index (χ2n) is 27.1. The van der Waals surface area contributed by atoms with Crippen molar-refractivity contribution in [3.05, 3.63) is 246 Å². The van der Waals surface area contributed by atoms with Crippen molar-refractivity contribution < 1.29 is 53.0 Å². The fourth-order valence-corrected chi connectivity index (χ4v) is 13.7. The number of aromatic nitrogens is 11. The minimum atomic E-state index is -4.83. The van der Waals surface area contributed by atoms with Crippen LogP contribution in [0.1, 0.15) is 29.3 Å². The Kier molecular flexibility index (Phi) is 22.1. The zero-order chi connectivity index (χ0) is 79.6. The average molecular weight is 1560 g/mol. The number of alkyl halides is 9. The van der Waals surface area contributed by atoms with Crippen LogP contribution in [0.5, 0.6) is 5.75 Å². The molecule has 17 rings (SSSR count). The van der Waals surface area contributed by atoms with Crippen molar-refractivity contribution in [1.29, 1.82) is 0 Å². The number of imidazole rings is 1. The topological polar surface area (TPSA) is 238 Å². The Balaban J connectivity index is 0.000000125. The number of halogens is 11. The van der Waals surface area contributed by atoms with Crippen molar-refractivity contribution in [3.63, 3.8) is 0 Å². The summed E-state index contributed by atoms with van der Waals surface area (Å²) in [5.74, 6) is -2.76. The first-order valence-corrected chi connectivity index (χ1v) is 35.9. The molecule has 4 aliphatic heterocycles. The van der Waals surface area contributed by atoms with E-state index in [-0.39, 0.29) is 56.3 Å². The van der Waals surface area contributed by atoms with E-state index in [1.165, 1.54) is 44.6 Å². The molecule has 586 valence electrons. The number of aryl methyl sites for hydroxylation is 1. The van der Waals surface area contributed by atoms with Crippen LogP contribution in [0.4, 0.5) is 71.0 Å². The summed E-state index contributed by atoms with van der Waals surface area (Å²) in [6.45, 7) is 16.8. The normalized spacial score (nSPS) is 15.7. The molecule has 10 aromatic heterocycles. The lowest BCUT2D eigenvalue weighted by molar-refractivity contribution is -0.140. The van der Waals surface area contributed by atoms with E-state index in [4.69, 9.17) is 4.74 Å². The number of fused-ring (bicyclic) bond motifs is 5. The number of piperazine rings is 4. The van der Waals surface area contributed by atoms with Gasteiger partial charge in [0.2, 0.25) is 0 Å². The van der Waals surface area contributed by atoms with Gasteiger partial charge in [-0.05, 0) is 111 Å². The van der Waals surface area contributed by atoms with Crippen molar-refractivity contribution >= 4 is 51.0 Å². The average Bonchev–Trinajstić information content (AvgIpc) is 1.75. The highest BCUT2D eigenvalue weighted by Crippen LogP contribution is 2.42. The molecule has 4 N–H and O–H groups in total. The van der Waals surface area contributed by atoms with Gasteiger partial charge in [-0.25, -0.2) is 33.7 Å². The molecule has 24 nitrogen and oxygen atoms in total. The highest BCUT2D eigenvalue weighted by Gasteiger charge is 2.37. The Bertz CT molecular complexity index is 5970. The van der Waals surface area contributed by atoms with Crippen molar-refractivity contribution in [2.24, 2.45) is 0 Å². The number of pyridine rings is 4. The third-order valence-electron chi connectivity index (χ3n) is 19.4. The van der Waals surface area contributed by atoms with E-state index in [1.54, 1.807) is 53.5 Å². The van der Waals surface area contributed by atoms with E-state index in [0.717, 1.165) is 169 Å². The van der Waals surface area contributed by atoms with Gasteiger partial charge in [0.15, 0.2) is 5.65 Å². The summed E-state index contributed by atoms with van der Waals surface area (Å²) in [4.78, 5) is 85.7. The molecule has 0 bridgehead atoms. The number of anilines is 4. The zero-order valence-corrected chi connectivity index (χ0v) is 60.8. The van der Waals surface area contributed by atoms with Gasteiger partial charge in [-0.3, -0.25) is 41.8 Å². The van der Waals surface area contributed by atoms with Gasteiger partial charge in [-0.2, -0.15) is 39.5 Å². The number of hydrogen-bond donors (Lipinski definition) is 4. The molecule has 13 aromatic rings. The van der Waals surface area contributed by atoms with Gasteiger partial charge in [-0.15, -0.1) is 0 Å². The second-order valence-corrected chi connectivity index (χ2v) is 27.1. The molecule has 14 heterocycles. The minimum absolute atomic E-state index is 0.00933. The molecular weight excluding hydrogens is 1490 g/mol. The number of hydrogen-bond acceptors (Lipinski definition) is 19. The van der Waals surface area contributed by atoms with Gasteiger partial charge < -0.3 is 50.0 Å². The number of para-hydroxylation sites is 1. The number of nitrogens with zero attached hydrogens (tertiary/aromatic N) is 15. The lowest BCUT2D eigenvalue weighted by Gasteiger charge is -2.33. The predicted molar refractivity (Wildman–Crippen MR) is 405 cm³/mol. The van der Waals surface area contributed by atoms with Crippen LogP contribution in [-0.4, -0.2) is 163 Å². The highest BCUT2D eigenvalue weighted by atomic mass is 19.4. The minimum Gasteiger partial charge on any atom is -0.495 e. The Morgan fingerprint density at radius 2 is 0.867 bits per heavy atom. The highest BCUT2D eigenvalue weighted by molar-refractivity contribution is 5.72. The molecule has 1 atom stereocenters. The Labute approximate surface area is 635 Å². The predicted octanol–water partition coefficient (Wildman–Crippen LogP) is 10.2. The van der Waals surface area contributed by atoms with Crippen LogP contribution in [0.2, 0.25) is 0 Å². The Morgan fingerprint density at radius 3 is 1.35 bits per heavy atom. The Morgan fingerprint density at radius 1 is 0.425 bits per heavy atom. The van der Waals surface area contributed by atoms with Crippen LogP contribution in [0.3, 0.4) is 0 Å². The summed E-state index contributed by atoms with van der Waals surface area (Å²) >= 11 is 0. The van der Waals surface area contributed by atoms with Crippen LogP contribution in [0, 0.1) is 18.6 Å². The maximum Gasteiger partial charge on any atom is 0.419 e. The summed E-state index contributed by atoms with van der Waals surface area (Å²) < 4.78 is 158. The maximum atomic E-state index is 13.7. The van der Waals surface area contributed by atoms with Crippen molar-refractivity contribution in [1.82, 2.24) is 73.2 Å². The SMILES string of the molecule is COc1c(-c2cc(=O)n3cc(N4CCNCC4)ccc3n2)cccc1C(F)(F)F.Cc1cn2cc(-c3cc(=O)n4cc(N5CCN[C@@H](C)C5)ccc4n3)nc2cn1.O=c1cc(-c2cc(F)cc(C(F)(F)F)c2)nc2ccc(N3CCNCC3)cn12.O=c1cc(-c2ccc(F)c(C(F)(F)F)c2)nc2ccc(N3CCNCC3)cn12. The first-order chi connectivity index (χ1) is 54.1. The Hall–Kier alpha value is -12.2. The molecule has 0 saturated carbocycles.